The van der Waals surface area contributed by atoms with Crippen LogP contribution in [0.25, 0.3) is 0 Å². The standard InChI is InChI=1S/C17H22BrNO4/c1-17(2,3)23-16(22)19-10-11(9-14(19)15(20)21)8-12-6-4-5-7-13(12)18/h4-7,11,14H,8-10H2,1-3H3,(H,20,21)/t11-,14+/m1/s1. The molecule has 1 heterocycles. The van der Waals surface area contributed by atoms with Crippen molar-refractivity contribution in [3.05, 3.63) is 34.3 Å². The van der Waals surface area contributed by atoms with Crippen molar-refractivity contribution in [2.45, 2.75) is 45.3 Å². The molecule has 0 unspecified atom stereocenters. The smallest absolute Gasteiger partial charge is 0.411 e. The molecule has 0 aromatic heterocycles. The van der Waals surface area contributed by atoms with Crippen molar-refractivity contribution in [2.24, 2.45) is 5.92 Å². The summed E-state index contributed by atoms with van der Waals surface area (Å²) in [6, 6.07) is 7.04. The molecule has 1 aromatic rings. The average Bonchev–Trinajstić information content (AvgIpc) is 2.84. The van der Waals surface area contributed by atoms with Gasteiger partial charge >= 0.3 is 12.1 Å². The van der Waals surface area contributed by atoms with E-state index in [0.29, 0.717) is 13.0 Å². The van der Waals surface area contributed by atoms with Gasteiger partial charge in [-0.15, -0.1) is 0 Å². The van der Waals surface area contributed by atoms with Crippen LogP contribution in [0.4, 0.5) is 4.79 Å². The largest absolute Gasteiger partial charge is 0.480 e. The molecule has 23 heavy (non-hydrogen) atoms. The summed E-state index contributed by atoms with van der Waals surface area (Å²) in [5.41, 5.74) is 0.480. The van der Waals surface area contributed by atoms with Crippen LogP contribution in [0.1, 0.15) is 32.8 Å². The van der Waals surface area contributed by atoms with Crippen molar-refractivity contribution in [2.75, 3.05) is 6.54 Å². The second-order valence-electron chi connectivity index (χ2n) is 6.88. The van der Waals surface area contributed by atoms with Gasteiger partial charge in [0.2, 0.25) is 0 Å². The van der Waals surface area contributed by atoms with E-state index >= 15 is 0 Å². The van der Waals surface area contributed by atoms with Crippen LogP contribution in [-0.2, 0) is 16.0 Å². The number of halogens is 1. The number of rotatable bonds is 3. The van der Waals surface area contributed by atoms with E-state index in [1.807, 2.05) is 24.3 Å². The molecule has 1 fully saturated rings. The molecular weight excluding hydrogens is 362 g/mol. The van der Waals surface area contributed by atoms with Gasteiger partial charge in [0, 0.05) is 11.0 Å². The number of hydrogen-bond acceptors (Lipinski definition) is 3. The number of carboxylic acid groups (broad SMARTS) is 1. The van der Waals surface area contributed by atoms with Crippen LogP contribution >= 0.6 is 15.9 Å². The first-order chi connectivity index (χ1) is 10.7. The van der Waals surface area contributed by atoms with E-state index in [1.165, 1.54) is 4.90 Å². The molecular formula is C17H22BrNO4. The highest BCUT2D eigenvalue weighted by atomic mass is 79.9. The van der Waals surface area contributed by atoms with Gasteiger partial charge in [-0.05, 0) is 51.2 Å². The minimum absolute atomic E-state index is 0.0994. The van der Waals surface area contributed by atoms with Crippen molar-refractivity contribution >= 4 is 28.0 Å². The molecule has 0 spiro atoms. The summed E-state index contributed by atoms with van der Waals surface area (Å²) in [5.74, 6) is -0.882. The third-order valence-electron chi connectivity index (χ3n) is 3.77. The second kappa shape index (κ2) is 6.91. The van der Waals surface area contributed by atoms with E-state index in [2.05, 4.69) is 15.9 Å². The van der Waals surface area contributed by atoms with E-state index in [0.717, 1.165) is 16.5 Å². The molecule has 1 aliphatic rings. The Balaban J connectivity index is 2.10. The molecule has 1 aromatic carbocycles. The molecule has 6 heteroatoms. The minimum atomic E-state index is -0.981. The number of benzene rings is 1. The lowest BCUT2D eigenvalue weighted by Crippen LogP contribution is -2.43. The zero-order valence-electron chi connectivity index (χ0n) is 13.6. The number of hydrogen-bond donors (Lipinski definition) is 1. The van der Waals surface area contributed by atoms with Gasteiger partial charge < -0.3 is 9.84 Å². The van der Waals surface area contributed by atoms with Crippen molar-refractivity contribution in [3.8, 4) is 0 Å². The Morgan fingerprint density at radius 3 is 2.57 bits per heavy atom. The highest BCUT2D eigenvalue weighted by Gasteiger charge is 2.41. The Bertz CT molecular complexity index is 597. The Morgan fingerprint density at radius 1 is 1.35 bits per heavy atom. The molecule has 1 aliphatic heterocycles. The third-order valence-corrected chi connectivity index (χ3v) is 4.54. The lowest BCUT2D eigenvalue weighted by molar-refractivity contribution is -0.142. The Labute approximate surface area is 144 Å². The van der Waals surface area contributed by atoms with Crippen molar-refractivity contribution in [1.29, 1.82) is 0 Å². The van der Waals surface area contributed by atoms with Crippen LogP contribution in [0.15, 0.2) is 28.7 Å². The minimum Gasteiger partial charge on any atom is -0.480 e. The van der Waals surface area contributed by atoms with Crippen LogP contribution < -0.4 is 0 Å². The predicted molar refractivity (Wildman–Crippen MR) is 90.3 cm³/mol. The molecule has 2 rings (SSSR count). The van der Waals surface area contributed by atoms with Crippen molar-refractivity contribution in [3.63, 3.8) is 0 Å². The Morgan fingerprint density at radius 2 is 2.00 bits per heavy atom. The number of carbonyl (C=O) groups excluding carboxylic acids is 1. The predicted octanol–water partition coefficient (Wildman–Crippen LogP) is 3.70. The van der Waals surface area contributed by atoms with Gasteiger partial charge in [0.15, 0.2) is 0 Å². The zero-order valence-corrected chi connectivity index (χ0v) is 15.2. The van der Waals surface area contributed by atoms with Gasteiger partial charge in [0.25, 0.3) is 0 Å². The van der Waals surface area contributed by atoms with E-state index in [-0.39, 0.29) is 5.92 Å². The van der Waals surface area contributed by atoms with Crippen LogP contribution in [0.2, 0.25) is 0 Å². The van der Waals surface area contributed by atoms with Gasteiger partial charge in [-0.25, -0.2) is 9.59 Å². The highest BCUT2D eigenvalue weighted by molar-refractivity contribution is 9.10. The van der Waals surface area contributed by atoms with Crippen LogP contribution in [0.5, 0.6) is 0 Å². The number of aliphatic carboxylic acids is 1. The van der Waals surface area contributed by atoms with E-state index < -0.39 is 23.7 Å². The summed E-state index contributed by atoms with van der Waals surface area (Å²) in [6.07, 6.45) is 0.611. The van der Waals surface area contributed by atoms with Gasteiger partial charge in [-0.3, -0.25) is 4.90 Å². The lowest BCUT2D eigenvalue weighted by atomic mass is 9.97. The molecule has 2 atom stereocenters. The number of nitrogens with zero attached hydrogens (tertiary/aromatic N) is 1. The lowest BCUT2D eigenvalue weighted by Gasteiger charge is -2.26. The molecule has 1 N–H and O–H groups in total. The SMILES string of the molecule is CC(C)(C)OC(=O)N1C[C@H](Cc2ccccc2Br)C[C@H]1C(=O)O. The summed E-state index contributed by atoms with van der Waals surface area (Å²) < 4.78 is 6.34. The van der Waals surface area contributed by atoms with Crippen molar-refractivity contribution in [1.82, 2.24) is 4.90 Å². The van der Waals surface area contributed by atoms with Gasteiger partial charge in [-0.2, -0.15) is 0 Å². The van der Waals surface area contributed by atoms with Gasteiger partial charge in [0.1, 0.15) is 11.6 Å². The number of amides is 1. The first-order valence-corrected chi connectivity index (χ1v) is 8.42. The Kier molecular flexibility index (Phi) is 5.34. The van der Waals surface area contributed by atoms with E-state index in [9.17, 15) is 14.7 Å². The molecule has 0 bridgehead atoms. The quantitative estimate of drug-likeness (QED) is 0.863. The average molecular weight is 384 g/mol. The second-order valence-corrected chi connectivity index (χ2v) is 7.74. The maximum atomic E-state index is 12.3. The summed E-state index contributed by atoms with van der Waals surface area (Å²) in [5, 5.41) is 9.41. The fourth-order valence-electron chi connectivity index (χ4n) is 2.80. The summed E-state index contributed by atoms with van der Waals surface area (Å²) in [4.78, 5) is 25.1. The normalized spacial score (nSPS) is 21.3. The van der Waals surface area contributed by atoms with E-state index in [1.54, 1.807) is 20.8 Å². The molecule has 0 saturated carbocycles. The number of carboxylic acids is 1. The molecule has 0 radical (unpaired) electrons. The topological polar surface area (TPSA) is 66.8 Å². The summed E-state index contributed by atoms with van der Waals surface area (Å²) in [6.45, 7) is 5.72. The van der Waals surface area contributed by atoms with Crippen LogP contribution in [-0.4, -0.2) is 40.3 Å². The molecule has 0 aliphatic carbocycles. The number of likely N-dealkylation sites (tertiary alicyclic amines) is 1. The Hall–Kier alpha value is -1.56. The van der Waals surface area contributed by atoms with Crippen LogP contribution in [0, 0.1) is 5.92 Å². The maximum Gasteiger partial charge on any atom is 0.411 e. The molecule has 126 valence electrons. The molecule has 1 amide bonds. The fraction of sp³-hybridized carbons (Fsp3) is 0.529. The maximum absolute atomic E-state index is 12.3. The summed E-state index contributed by atoms with van der Waals surface area (Å²) in [7, 11) is 0. The summed E-state index contributed by atoms with van der Waals surface area (Å²) >= 11 is 3.51. The first-order valence-electron chi connectivity index (χ1n) is 7.63. The molecule has 5 nitrogen and oxygen atoms in total. The monoisotopic (exact) mass is 383 g/mol. The fourth-order valence-corrected chi connectivity index (χ4v) is 3.25. The van der Waals surface area contributed by atoms with Gasteiger partial charge in [-0.1, -0.05) is 34.1 Å². The van der Waals surface area contributed by atoms with Gasteiger partial charge in [0.05, 0.1) is 0 Å². The third kappa shape index (κ3) is 4.70. The first kappa shape index (κ1) is 17.8. The number of carbonyl (C=O) groups is 2. The van der Waals surface area contributed by atoms with Crippen molar-refractivity contribution < 1.29 is 19.4 Å². The molecule has 1 saturated heterocycles. The van der Waals surface area contributed by atoms with Crippen LogP contribution in [0.3, 0.4) is 0 Å². The zero-order chi connectivity index (χ0) is 17.2. The highest BCUT2D eigenvalue weighted by Crippen LogP contribution is 2.30. The van der Waals surface area contributed by atoms with E-state index in [4.69, 9.17) is 4.74 Å². The number of ether oxygens (including phenoxy) is 1.